The summed E-state index contributed by atoms with van der Waals surface area (Å²) in [4.78, 5) is 105. The van der Waals surface area contributed by atoms with Crippen LogP contribution in [0.3, 0.4) is 0 Å². The van der Waals surface area contributed by atoms with E-state index in [1.54, 1.807) is 114 Å². The molecule has 0 saturated heterocycles. The van der Waals surface area contributed by atoms with Gasteiger partial charge in [0, 0.05) is 145 Å². The zero-order chi connectivity index (χ0) is 104. The van der Waals surface area contributed by atoms with E-state index < -0.39 is 0 Å². The molecule has 0 amide bonds. The van der Waals surface area contributed by atoms with E-state index in [0.717, 1.165) is 165 Å². The molecule has 0 N–H and O–H groups in total. The Morgan fingerprint density at radius 2 is 0.591 bits per heavy atom. The lowest BCUT2D eigenvalue weighted by molar-refractivity contribution is 0.302. The molecule has 41 heteroatoms. The van der Waals surface area contributed by atoms with Crippen LogP contribution in [0.4, 0.5) is 0 Å². The first-order chi connectivity index (χ1) is 72.2. The number of benzene rings is 10. The SMILES string of the molecule is CCc1cccc(-n2nnn(C)c2=O)c1COc1ccc(-c2ncccn2)cc1C.Cc1cc(-c2ncccn2)ccc1OCc1c(C)cccc1-n1nnn(C)c1=O.Cc1cc(-c2ncccn2)ccc1OCc1c(C2CC2)cccc1-n1nnn(C)c1=O.Cc1nccc(-c2ccc(OCc3c(Cl)cccc3-n3nnn(C)c3=O)c(C)c2)n1.Cc1nccc(-c2ccc(OCc3ccccc3-n3nnn(C)c3=O)c(C)c2)n1. The van der Waals surface area contributed by atoms with Crippen LogP contribution < -0.4 is 52.1 Å². The number of rotatable bonds is 27. The highest BCUT2D eigenvalue weighted by molar-refractivity contribution is 6.31. The van der Waals surface area contributed by atoms with Crippen LogP contribution in [0.2, 0.25) is 5.02 Å². The summed E-state index contributed by atoms with van der Waals surface area (Å²) in [6, 6.07) is 68.8. The van der Waals surface area contributed by atoms with Gasteiger partial charge in [-0.3, -0.25) is 0 Å². The summed E-state index contributed by atoms with van der Waals surface area (Å²) in [5, 5.41) is 39.3. The van der Waals surface area contributed by atoms with Gasteiger partial charge >= 0.3 is 28.4 Å². The number of hydrogen-bond acceptors (Lipinski definition) is 30. The van der Waals surface area contributed by atoms with Crippen molar-refractivity contribution < 1.29 is 23.7 Å². The summed E-state index contributed by atoms with van der Waals surface area (Å²) in [6.45, 7) is 19.1. The fraction of sp³-hybridized carbons (Fsp3) is 0.213. The second kappa shape index (κ2) is 46.3. The van der Waals surface area contributed by atoms with Crippen LogP contribution in [0, 0.1) is 55.4 Å². The van der Waals surface area contributed by atoms with Crippen molar-refractivity contribution >= 4 is 11.6 Å². The maximum atomic E-state index is 12.5. The van der Waals surface area contributed by atoms with E-state index in [1.807, 2.05) is 231 Å². The average Bonchev–Trinajstić information content (AvgIpc) is 1.66. The van der Waals surface area contributed by atoms with E-state index in [4.69, 9.17) is 35.3 Å². The standard InChI is InChI=1S/C23H22N6O2.C22H22N6O2.C21H19ClN6O2.2C21H20N6O2/c1-15-13-17(22-24-11-4-12-25-22)9-10-21(15)31-14-19-18(16-7-8-16)5-3-6-20(19)29-23(30)28(2)26-27-29;1-4-16-7-5-8-19(28-22(29)27(3)25-26-28)18(16)14-30-20-10-9-17(13-15(20)2)21-23-11-6-12-24-21;1-13-11-15(18-9-10-23-14(2)24-18)7-8-20(13)30-12-16-17(22)5-4-6-19(16)28-21(29)27(3)25-26-28;1-14-6-4-7-18(27-21(28)26(3)24-25-27)17(14)13-29-19-9-8-16(12-15(19)2)20-22-10-5-11-23-20;1-14-12-16(18-10-11-22-15(2)23-18)8-9-20(14)29-13-17-6-4-5-7-19(17)27-21(28)26(3)24-25-27/h3-6,9-13,16H,7-8,14H2,1-2H3;5-13H,4,14H2,1-3H3;4-11H,12H2,1-3H3;2*4-12H,13H2,1-3H3. The molecule has 10 aromatic carbocycles. The Labute approximate surface area is 858 Å². The summed E-state index contributed by atoms with van der Waals surface area (Å²) in [5.41, 5.74) is 20.7. The number of hydrogen-bond donors (Lipinski definition) is 0. The highest BCUT2D eigenvalue weighted by Gasteiger charge is 2.30. The Morgan fingerprint density at radius 3 is 0.966 bits per heavy atom. The largest absolute Gasteiger partial charge is 0.489 e. The normalized spacial score (nSPS) is 11.4. The summed E-state index contributed by atoms with van der Waals surface area (Å²) in [7, 11) is 7.84. The lowest BCUT2D eigenvalue weighted by atomic mass is 10.0. The average molecular weight is 2020 g/mol. The molecule has 1 aliphatic rings. The third-order valence-corrected chi connectivity index (χ3v) is 24.8. The van der Waals surface area contributed by atoms with Gasteiger partial charge in [0.05, 0.1) is 39.8 Å². The molecule has 0 radical (unpaired) electrons. The molecule has 0 atom stereocenters. The van der Waals surface area contributed by atoms with E-state index in [2.05, 4.69) is 115 Å². The molecule has 40 nitrogen and oxygen atoms in total. The minimum absolute atomic E-state index is 0.171. The number of nitrogens with zero attached hydrogens (tertiary/aromatic N) is 30. The van der Waals surface area contributed by atoms with Crippen LogP contribution in [0.5, 0.6) is 28.7 Å². The van der Waals surface area contributed by atoms with E-state index in [0.29, 0.717) is 88.9 Å². The van der Waals surface area contributed by atoms with Crippen LogP contribution in [-0.4, -0.2) is 149 Å². The fourth-order valence-corrected chi connectivity index (χ4v) is 16.5. The Kier molecular flexibility index (Phi) is 31.6. The van der Waals surface area contributed by atoms with Crippen molar-refractivity contribution in [3.63, 3.8) is 0 Å². The molecule has 21 rings (SSSR count). The van der Waals surface area contributed by atoms with Gasteiger partial charge in [-0.05, 0) is 335 Å². The second-order valence-corrected chi connectivity index (χ2v) is 35.3. The van der Waals surface area contributed by atoms with Crippen LogP contribution >= 0.6 is 11.6 Å². The maximum absolute atomic E-state index is 12.5. The van der Waals surface area contributed by atoms with Gasteiger partial charge in [-0.2, -0.15) is 46.8 Å². The molecule has 0 aliphatic heterocycles. The van der Waals surface area contributed by atoms with Crippen LogP contribution in [0.15, 0.2) is 292 Å². The third-order valence-electron chi connectivity index (χ3n) is 24.4. The summed E-state index contributed by atoms with van der Waals surface area (Å²) in [6.07, 6.45) is 16.9. The van der Waals surface area contributed by atoms with Gasteiger partial charge in [-0.15, -0.1) is 0 Å². The smallest absolute Gasteiger partial charge is 0.368 e. The van der Waals surface area contributed by atoms with Crippen molar-refractivity contribution in [2.24, 2.45) is 35.2 Å². The van der Waals surface area contributed by atoms with Gasteiger partial charge in [0.25, 0.3) is 0 Å². The van der Waals surface area contributed by atoms with Crippen molar-refractivity contribution in [3.05, 3.63) is 409 Å². The van der Waals surface area contributed by atoms with Gasteiger partial charge in [-0.1, -0.05) is 79.2 Å². The Hall–Kier alpha value is -18.8. The third kappa shape index (κ3) is 23.8. The van der Waals surface area contributed by atoms with Crippen LogP contribution in [-0.2, 0) is 74.7 Å². The molecule has 10 aromatic heterocycles. The predicted octanol–water partition coefficient (Wildman–Crippen LogP) is 14.6. The molecular formula is C108H103ClN30O10. The van der Waals surface area contributed by atoms with Gasteiger partial charge in [0.1, 0.15) is 73.4 Å². The lowest BCUT2D eigenvalue weighted by Gasteiger charge is -2.16. The topological polar surface area (TPSA) is 439 Å². The molecule has 1 saturated carbocycles. The fourth-order valence-electron chi connectivity index (χ4n) is 16.3. The van der Waals surface area contributed by atoms with Crippen molar-refractivity contribution in [1.29, 1.82) is 0 Å². The Bertz CT molecular complexity index is 8530. The quantitative estimate of drug-likeness (QED) is 0.0461. The summed E-state index contributed by atoms with van der Waals surface area (Å²) in [5.74, 6) is 7.75. The summed E-state index contributed by atoms with van der Waals surface area (Å²) >= 11 is 6.40. The van der Waals surface area contributed by atoms with Gasteiger partial charge in [-0.25, -0.2) is 73.8 Å². The monoisotopic (exact) mass is 2010 g/mol. The Balaban J connectivity index is 0.000000127. The minimum atomic E-state index is -0.362. The van der Waals surface area contributed by atoms with E-state index in [9.17, 15) is 24.0 Å². The predicted molar refractivity (Wildman–Crippen MR) is 556 cm³/mol. The first-order valence-corrected chi connectivity index (χ1v) is 47.8. The Morgan fingerprint density at radius 1 is 0.282 bits per heavy atom. The van der Waals surface area contributed by atoms with Crippen LogP contribution in [0.25, 0.3) is 85.1 Å². The molecular weight excluding hydrogens is 1910 g/mol. The van der Waals surface area contributed by atoms with Crippen molar-refractivity contribution in [2.75, 3.05) is 0 Å². The number of aromatic nitrogens is 30. The van der Waals surface area contributed by atoms with Gasteiger partial charge < -0.3 is 23.7 Å². The van der Waals surface area contributed by atoms with E-state index >= 15 is 0 Å². The maximum Gasteiger partial charge on any atom is 0.368 e. The zero-order valence-corrected chi connectivity index (χ0v) is 84.8. The zero-order valence-electron chi connectivity index (χ0n) is 84.0. The van der Waals surface area contributed by atoms with E-state index in [1.165, 1.54) is 54.7 Å². The lowest BCUT2D eigenvalue weighted by Crippen LogP contribution is -2.23. The minimum Gasteiger partial charge on any atom is -0.489 e. The molecule has 149 heavy (non-hydrogen) atoms. The first kappa shape index (κ1) is 102. The highest BCUT2D eigenvalue weighted by atomic mass is 35.5. The number of para-hydroxylation sites is 1. The van der Waals surface area contributed by atoms with Crippen molar-refractivity contribution in [1.82, 2.24) is 149 Å². The number of tetrazole rings is 5. The molecule has 0 spiro atoms. The number of aryl methyl sites for hydroxylation is 14. The van der Waals surface area contributed by atoms with Gasteiger partial charge in [0.2, 0.25) is 0 Å². The molecule has 1 fully saturated rings. The molecule has 10 heterocycles. The molecule has 752 valence electrons. The molecule has 0 bridgehead atoms. The molecule has 20 aromatic rings. The first-order valence-electron chi connectivity index (χ1n) is 47.4. The summed E-state index contributed by atoms with van der Waals surface area (Å²) < 4.78 is 42.9. The number of ether oxygens (including phenoxy) is 5. The second-order valence-electron chi connectivity index (χ2n) is 34.9. The highest BCUT2D eigenvalue weighted by Crippen LogP contribution is 2.44. The van der Waals surface area contributed by atoms with Crippen molar-refractivity contribution in [2.45, 2.75) is 121 Å². The van der Waals surface area contributed by atoms with Gasteiger partial charge in [0.15, 0.2) is 17.5 Å². The number of halogens is 1. The molecule has 1 aliphatic carbocycles. The molecule has 0 unspecified atom stereocenters. The van der Waals surface area contributed by atoms with Crippen LogP contribution in [0.1, 0.15) is 110 Å². The van der Waals surface area contributed by atoms with Crippen molar-refractivity contribution in [3.8, 4) is 114 Å². The van der Waals surface area contributed by atoms with E-state index in [-0.39, 0.29) is 35.1 Å².